The third-order valence-corrected chi connectivity index (χ3v) is 5.04. The molecule has 21 heavy (non-hydrogen) atoms. The molecule has 1 aromatic rings. The van der Waals surface area contributed by atoms with Crippen LogP contribution in [0.15, 0.2) is 27.1 Å². The van der Waals surface area contributed by atoms with Crippen molar-refractivity contribution in [3.05, 3.63) is 32.7 Å². The lowest BCUT2D eigenvalue weighted by atomic mass is 9.71. The van der Waals surface area contributed by atoms with Gasteiger partial charge in [-0.05, 0) is 38.0 Å². The number of halogens is 2. The van der Waals surface area contributed by atoms with Crippen molar-refractivity contribution in [1.82, 2.24) is 5.32 Å². The molecule has 6 heteroatoms. The molecule has 2 unspecified atom stereocenters. The van der Waals surface area contributed by atoms with Crippen LogP contribution in [0.1, 0.15) is 43.0 Å². The number of carbonyl (C=O) groups is 2. The van der Waals surface area contributed by atoms with E-state index in [2.05, 4.69) is 37.2 Å². The van der Waals surface area contributed by atoms with Gasteiger partial charge in [-0.25, -0.2) is 0 Å². The number of hydrogen-bond donors (Lipinski definition) is 2. The monoisotopic (exact) mass is 417 g/mol. The summed E-state index contributed by atoms with van der Waals surface area (Å²) in [5.74, 6) is -1.08. The zero-order valence-electron chi connectivity index (χ0n) is 11.7. The molecule has 0 saturated heterocycles. The van der Waals surface area contributed by atoms with Crippen LogP contribution in [0.5, 0.6) is 0 Å². The van der Waals surface area contributed by atoms with E-state index in [4.69, 9.17) is 0 Å². The Morgan fingerprint density at radius 3 is 2.43 bits per heavy atom. The number of amides is 1. The molecule has 1 amide bonds. The van der Waals surface area contributed by atoms with Crippen molar-refractivity contribution in [2.75, 3.05) is 0 Å². The van der Waals surface area contributed by atoms with Crippen LogP contribution in [0, 0.1) is 5.41 Å². The number of carboxylic acids is 1. The number of benzene rings is 1. The van der Waals surface area contributed by atoms with Crippen LogP contribution in [0.25, 0.3) is 0 Å². The fourth-order valence-electron chi connectivity index (χ4n) is 2.75. The van der Waals surface area contributed by atoms with Crippen LogP contribution in [0.3, 0.4) is 0 Å². The third-order valence-electron chi connectivity index (χ3n) is 4.13. The van der Waals surface area contributed by atoms with E-state index in [0.717, 1.165) is 21.8 Å². The molecule has 114 valence electrons. The number of hydrogen-bond acceptors (Lipinski definition) is 2. The maximum absolute atomic E-state index is 12.4. The second-order valence-electron chi connectivity index (χ2n) is 5.65. The maximum atomic E-state index is 12.4. The van der Waals surface area contributed by atoms with Crippen molar-refractivity contribution >= 4 is 43.7 Å². The smallest absolute Gasteiger partial charge is 0.311 e. The summed E-state index contributed by atoms with van der Waals surface area (Å²) in [6, 6.07) is 4.95. The van der Waals surface area contributed by atoms with Crippen LogP contribution in [0.4, 0.5) is 0 Å². The number of rotatable bonds is 3. The maximum Gasteiger partial charge on any atom is 0.311 e. The Morgan fingerprint density at radius 1 is 1.24 bits per heavy atom. The van der Waals surface area contributed by atoms with Gasteiger partial charge in [0.05, 0.1) is 5.41 Å². The first-order valence-corrected chi connectivity index (χ1v) is 8.42. The Morgan fingerprint density at radius 2 is 1.86 bits per heavy atom. The number of nitrogens with one attached hydrogen (secondary N) is 1. The molecule has 1 fully saturated rings. The first kappa shape index (κ1) is 16.5. The average molecular weight is 419 g/mol. The van der Waals surface area contributed by atoms with Gasteiger partial charge in [0, 0.05) is 20.6 Å². The molecule has 1 saturated carbocycles. The number of aliphatic carboxylic acids is 1. The quantitative estimate of drug-likeness (QED) is 0.780. The molecular weight excluding hydrogens is 402 g/mol. The van der Waals surface area contributed by atoms with Crippen LogP contribution < -0.4 is 5.32 Å². The molecule has 2 rings (SSSR count). The molecule has 4 nitrogen and oxygen atoms in total. The second-order valence-corrected chi connectivity index (χ2v) is 7.48. The van der Waals surface area contributed by atoms with Crippen LogP contribution in [-0.4, -0.2) is 23.0 Å². The zero-order chi connectivity index (χ0) is 15.6. The summed E-state index contributed by atoms with van der Waals surface area (Å²) in [6.45, 7) is 1.72. The van der Waals surface area contributed by atoms with E-state index < -0.39 is 11.4 Å². The highest BCUT2D eigenvalue weighted by atomic mass is 79.9. The molecule has 0 aromatic heterocycles. The van der Waals surface area contributed by atoms with Crippen molar-refractivity contribution in [1.29, 1.82) is 0 Å². The highest BCUT2D eigenvalue weighted by molar-refractivity contribution is 9.11. The highest BCUT2D eigenvalue weighted by Gasteiger charge is 2.43. The molecule has 0 spiro atoms. The van der Waals surface area contributed by atoms with Gasteiger partial charge in [-0.2, -0.15) is 0 Å². The van der Waals surface area contributed by atoms with Gasteiger partial charge in [0.25, 0.3) is 5.91 Å². The number of carboxylic acid groups (broad SMARTS) is 1. The van der Waals surface area contributed by atoms with E-state index >= 15 is 0 Å². The molecule has 0 bridgehead atoms. The van der Waals surface area contributed by atoms with E-state index in [1.54, 1.807) is 19.1 Å². The van der Waals surface area contributed by atoms with E-state index in [1.807, 2.05) is 6.07 Å². The molecule has 2 atom stereocenters. The van der Waals surface area contributed by atoms with Crippen molar-refractivity contribution in [3.63, 3.8) is 0 Å². The molecule has 2 N–H and O–H groups in total. The fourth-order valence-corrected chi connectivity index (χ4v) is 4.04. The van der Waals surface area contributed by atoms with Crippen LogP contribution >= 0.6 is 31.9 Å². The third kappa shape index (κ3) is 3.66. The molecule has 1 aromatic carbocycles. The van der Waals surface area contributed by atoms with Gasteiger partial charge in [-0.3, -0.25) is 9.59 Å². The van der Waals surface area contributed by atoms with Crippen LogP contribution in [0.2, 0.25) is 0 Å². The second kappa shape index (κ2) is 6.48. The minimum Gasteiger partial charge on any atom is -0.481 e. The molecular formula is C15H17Br2NO3. The molecule has 0 heterocycles. The first-order valence-electron chi connectivity index (χ1n) is 6.83. The van der Waals surface area contributed by atoms with Gasteiger partial charge in [-0.15, -0.1) is 0 Å². The molecule has 0 radical (unpaired) electrons. The van der Waals surface area contributed by atoms with Gasteiger partial charge >= 0.3 is 5.97 Å². The summed E-state index contributed by atoms with van der Waals surface area (Å²) in [7, 11) is 0. The summed E-state index contributed by atoms with van der Waals surface area (Å²) in [6.07, 6.45) is 3.12. The van der Waals surface area contributed by atoms with E-state index in [9.17, 15) is 14.7 Å². The predicted molar refractivity (Wildman–Crippen MR) is 87.3 cm³/mol. The standard InChI is InChI=1S/C15H17Br2NO3/c1-15(14(20)21)5-3-2-4-12(15)18-13(19)9-6-10(16)8-11(17)7-9/h6-8,12H,2-5H2,1H3,(H,18,19)(H,20,21). The lowest BCUT2D eigenvalue weighted by molar-refractivity contribution is -0.151. The van der Waals surface area contributed by atoms with Crippen molar-refractivity contribution in [2.45, 2.75) is 38.6 Å². The van der Waals surface area contributed by atoms with Gasteiger partial charge in [0.2, 0.25) is 0 Å². The molecule has 0 aliphatic heterocycles. The lowest BCUT2D eigenvalue weighted by Crippen LogP contribution is -2.52. The normalized spacial score (nSPS) is 25.4. The van der Waals surface area contributed by atoms with Gasteiger partial charge in [0.1, 0.15) is 0 Å². The summed E-state index contributed by atoms with van der Waals surface area (Å²) < 4.78 is 1.60. The van der Waals surface area contributed by atoms with Crippen molar-refractivity contribution in [3.8, 4) is 0 Å². The summed E-state index contributed by atoms with van der Waals surface area (Å²) in [5.41, 5.74) is -0.383. The Kier molecular flexibility index (Phi) is 5.09. The summed E-state index contributed by atoms with van der Waals surface area (Å²) in [5, 5.41) is 12.4. The minimum atomic E-state index is -0.892. The van der Waals surface area contributed by atoms with Gasteiger partial charge < -0.3 is 10.4 Å². The largest absolute Gasteiger partial charge is 0.481 e. The van der Waals surface area contributed by atoms with Gasteiger partial charge in [0.15, 0.2) is 0 Å². The highest BCUT2D eigenvalue weighted by Crippen LogP contribution is 2.36. The minimum absolute atomic E-state index is 0.239. The Bertz CT molecular complexity index is 556. The Balaban J connectivity index is 2.19. The van der Waals surface area contributed by atoms with E-state index in [0.29, 0.717) is 18.4 Å². The molecule has 1 aliphatic carbocycles. The molecule has 1 aliphatic rings. The fraction of sp³-hybridized carbons (Fsp3) is 0.467. The lowest BCUT2D eigenvalue weighted by Gasteiger charge is -2.38. The summed E-state index contributed by atoms with van der Waals surface area (Å²) in [4.78, 5) is 23.9. The zero-order valence-corrected chi connectivity index (χ0v) is 14.8. The van der Waals surface area contributed by atoms with Crippen molar-refractivity contribution in [2.24, 2.45) is 5.41 Å². The average Bonchev–Trinajstić information content (AvgIpc) is 2.40. The predicted octanol–water partition coefficient (Wildman–Crippen LogP) is 3.97. The summed E-state index contributed by atoms with van der Waals surface area (Å²) >= 11 is 6.70. The topological polar surface area (TPSA) is 66.4 Å². The Labute approximate surface area is 140 Å². The van der Waals surface area contributed by atoms with E-state index in [1.165, 1.54) is 0 Å². The SMILES string of the molecule is CC1(C(=O)O)CCCCC1NC(=O)c1cc(Br)cc(Br)c1. The number of carbonyl (C=O) groups excluding carboxylic acids is 1. The first-order chi connectivity index (χ1) is 9.83. The van der Waals surface area contributed by atoms with E-state index in [-0.39, 0.29) is 11.9 Å². The van der Waals surface area contributed by atoms with Gasteiger partial charge in [-0.1, -0.05) is 44.7 Å². The Hall–Kier alpha value is -0.880. The van der Waals surface area contributed by atoms with Crippen LogP contribution in [-0.2, 0) is 4.79 Å². The van der Waals surface area contributed by atoms with Crippen molar-refractivity contribution < 1.29 is 14.7 Å².